The summed E-state index contributed by atoms with van der Waals surface area (Å²) in [6.07, 6.45) is 3.86. The molecular formula is C46H50N4O8S4. The van der Waals surface area contributed by atoms with Gasteiger partial charge in [0.25, 0.3) is 0 Å². The Labute approximate surface area is 366 Å². The van der Waals surface area contributed by atoms with Crippen molar-refractivity contribution in [3.05, 3.63) is 127 Å². The molecule has 2 heterocycles. The number of benzene rings is 3. The molecule has 0 aromatic heterocycles. The molecule has 0 bridgehead atoms. The van der Waals surface area contributed by atoms with Crippen LogP contribution in [-0.2, 0) is 39.3 Å². The lowest BCUT2D eigenvalue weighted by molar-refractivity contribution is 0.288. The first-order valence-electron chi connectivity index (χ1n) is 20.6. The van der Waals surface area contributed by atoms with Crippen LogP contribution in [0.25, 0.3) is 0 Å². The smallest absolute Gasteiger partial charge is 0.216 e. The highest BCUT2D eigenvalue weighted by atomic mass is 32.2. The molecule has 0 N–H and O–H groups in total. The first-order valence-corrected chi connectivity index (χ1v) is 26.5. The Morgan fingerprint density at radius 1 is 0.468 bits per heavy atom. The minimum atomic E-state index is -4.79. The van der Waals surface area contributed by atoms with E-state index in [1.165, 1.54) is 24.3 Å². The number of allylic oxidation sites excluding steroid dienone is 6. The molecule has 0 radical (unpaired) electrons. The van der Waals surface area contributed by atoms with Gasteiger partial charge in [-0.1, -0.05) is 64.1 Å². The summed E-state index contributed by atoms with van der Waals surface area (Å²) in [5, 5.41) is 21.4. The Morgan fingerprint density at radius 2 is 0.774 bits per heavy atom. The third-order valence-electron chi connectivity index (χ3n) is 12.0. The van der Waals surface area contributed by atoms with Gasteiger partial charge in [0.2, 0.25) is 39.3 Å². The first kappa shape index (κ1) is 45.0. The van der Waals surface area contributed by atoms with E-state index in [2.05, 4.69) is 0 Å². The summed E-state index contributed by atoms with van der Waals surface area (Å²) in [4.78, 5) is 1.00. The molecule has 3 aromatic carbocycles. The van der Waals surface area contributed by atoms with Gasteiger partial charge in [0.05, 0.1) is 29.4 Å². The van der Waals surface area contributed by atoms with Crippen LogP contribution in [0.2, 0.25) is 0 Å². The number of hydrogen-bond donors (Lipinski definition) is 0. The normalized spacial score (nSPS) is 21.4. The van der Waals surface area contributed by atoms with Crippen molar-refractivity contribution < 1.29 is 33.7 Å². The monoisotopic (exact) mass is 914 g/mol. The van der Waals surface area contributed by atoms with Crippen molar-refractivity contribution in [2.45, 2.75) is 98.6 Å². The molecule has 7 rings (SSSR count). The van der Waals surface area contributed by atoms with Gasteiger partial charge in [0, 0.05) is 48.7 Å². The fourth-order valence-corrected chi connectivity index (χ4v) is 15.5. The van der Waals surface area contributed by atoms with Crippen molar-refractivity contribution in [2.75, 3.05) is 26.2 Å². The van der Waals surface area contributed by atoms with Crippen LogP contribution < -0.4 is 0 Å². The van der Waals surface area contributed by atoms with E-state index in [1.54, 1.807) is 36.4 Å². The maximum Gasteiger partial charge on any atom is 0.216 e. The molecule has 326 valence electrons. The minimum absolute atomic E-state index is 0.0426. The van der Waals surface area contributed by atoms with Crippen LogP contribution >= 0.6 is 0 Å². The van der Waals surface area contributed by atoms with Gasteiger partial charge in [0.15, 0.2) is 9.81 Å². The van der Waals surface area contributed by atoms with E-state index in [0.29, 0.717) is 50.4 Å². The Balaban J connectivity index is 1.38. The van der Waals surface area contributed by atoms with E-state index in [4.69, 9.17) is 0 Å². The second-order valence-electron chi connectivity index (χ2n) is 17.9. The standard InChI is InChI=1S/C46H50N4O8S4/c1-45(2)27-37(43(39(29-45)49-23-11-12-24-49)61(55,56)33-15-7-5-8-16-33)41(31-47)59(51,52)35-19-21-36(22-20-35)60(53,54)42(32-48)38-28-46(3,4)30-40(50-25-13-14-26-50)44(38)62(57,58)34-17-9-6-10-18-34/h5-10,15-22H,11-14,23-30H2,1-4H3/b41-37+,42-38+. The molecule has 0 unspecified atom stereocenters. The topological polar surface area (TPSA) is 191 Å². The lowest BCUT2D eigenvalue weighted by Crippen LogP contribution is -2.33. The zero-order valence-corrected chi connectivity index (χ0v) is 38.5. The third-order valence-corrected chi connectivity index (χ3v) is 19.4. The van der Waals surface area contributed by atoms with Gasteiger partial charge in [-0.3, -0.25) is 0 Å². The van der Waals surface area contributed by atoms with Gasteiger partial charge < -0.3 is 9.80 Å². The van der Waals surface area contributed by atoms with E-state index in [-0.39, 0.29) is 43.6 Å². The number of likely N-dealkylation sites (tertiary alicyclic amines) is 2. The minimum Gasteiger partial charge on any atom is -0.374 e. The number of hydrogen-bond acceptors (Lipinski definition) is 12. The Bertz CT molecular complexity index is 2760. The lowest BCUT2D eigenvalue weighted by atomic mass is 9.76. The molecule has 0 amide bonds. The number of rotatable bonds is 10. The molecule has 62 heavy (non-hydrogen) atoms. The van der Waals surface area contributed by atoms with Gasteiger partial charge in [-0.25, -0.2) is 33.7 Å². The maximum atomic E-state index is 14.6. The Morgan fingerprint density at radius 3 is 1.06 bits per heavy atom. The second-order valence-corrected chi connectivity index (χ2v) is 25.5. The van der Waals surface area contributed by atoms with Gasteiger partial charge in [-0.15, -0.1) is 0 Å². The SMILES string of the molecule is CC1(C)CC(N2CCCC2)=C(S(=O)(=O)c2ccccc2)/C(=C(\C#N)S(=O)(=O)c2ccc(S(=O)(=O)/C(C#N)=C3\CC(C)(C)CC(N4CCCC4)=C3S(=O)(=O)c3ccccc3)cc2)C1. The number of nitriles is 2. The summed E-state index contributed by atoms with van der Waals surface area (Å²) in [5.41, 5.74) is -0.612. The predicted octanol–water partition coefficient (Wildman–Crippen LogP) is 7.99. The molecule has 2 aliphatic heterocycles. The molecule has 2 saturated heterocycles. The molecule has 0 atom stereocenters. The van der Waals surface area contributed by atoms with Crippen LogP contribution in [0.1, 0.15) is 79.1 Å². The molecule has 2 fully saturated rings. The molecule has 16 heteroatoms. The van der Waals surface area contributed by atoms with Crippen molar-refractivity contribution in [3.8, 4) is 12.1 Å². The van der Waals surface area contributed by atoms with Crippen molar-refractivity contribution in [2.24, 2.45) is 10.8 Å². The van der Waals surface area contributed by atoms with E-state index in [0.717, 1.165) is 49.9 Å². The zero-order valence-electron chi connectivity index (χ0n) is 35.3. The lowest BCUT2D eigenvalue weighted by Gasteiger charge is -2.39. The van der Waals surface area contributed by atoms with Crippen LogP contribution in [-0.4, -0.2) is 69.7 Å². The van der Waals surface area contributed by atoms with E-state index >= 15 is 0 Å². The highest BCUT2D eigenvalue weighted by Gasteiger charge is 2.45. The fraction of sp³-hybridized carbons (Fsp3) is 0.391. The van der Waals surface area contributed by atoms with Crippen LogP contribution in [0, 0.1) is 33.5 Å². The Kier molecular flexibility index (Phi) is 12.1. The summed E-state index contributed by atoms with van der Waals surface area (Å²) < 4.78 is 117. The highest BCUT2D eigenvalue weighted by molar-refractivity contribution is 7.97. The molecule has 4 aliphatic rings. The average molecular weight is 915 g/mol. The van der Waals surface area contributed by atoms with Crippen molar-refractivity contribution >= 4 is 39.3 Å². The summed E-state index contributed by atoms with van der Waals surface area (Å²) in [5.74, 6) is 0. The molecule has 3 aromatic rings. The van der Waals surface area contributed by atoms with Gasteiger partial charge in [-0.05, 0) is 111 Å². The quantitative estimate of drug-likeness (QED) is 0.179. The van der Waals surface area contributed by atoms with Crippen LogP contribution in [0.5, 0.6) is 0 Å². The summed E-state index contributed by atoms with van der Waals surface area (Å²) in [6, 6.07) is 23.1. The van der Waals surface area contributed by atoms with Crippen molar-refractivity contribution in [1.82, 2.24) is 9.80 Å². The summed E-state index contributed by atoms with van der Waals surface area (Å²) >= 11 is 0. The van der Waals surface area contributed by atoms with Gasteiger partial charge in [0.1, 0.15) is 12.1 Å². The predicted molar refractivity (Wildman–Crippen MR) is 235 cm³/mol. The molecule has 2 aliphatic carbocycles. The van der Waals surface area contributed by atoms with Crippen LogP contribution in [0.15, 0.2) is 147 Å². The molecule has 0 saturated carbocycles. The highest BCUT2D eigenvalue weighted by Crippen LogP contribution is 2.51. The van der Waals surface area contributed by atoms with Gasteiger partial charge in [-0.2, -0.15) is 10.5 Å². The van der Waals surface area contributed by atoms with Crippen LogP contribution in [0.4, 0.5) is 0 Å². The van der Waals surface area contributed by atoms with Crippen molar-refractivity contribution in [3.63, 3.8) is 0 Å². The molecule has 0 spiro atoms. The molecule has 12 nitrogen and oxygen atoms in total. The second kappa shape index (κ2) is 16.6. The Hall–Kier alpha value is -5.00. The van der Waals surface area contributed by atoms with E-state index in [9.17, 15) is 44.2 Å². The van der Waals surface area contributed by atoms with Crippen LogP contribution in [0.3, 0.4) is 0 Å². The number of nitrogens with zero attached hydrogens (tertiary/aromatic N) is 4. The van der Waals surface area contributed by atoms with E-state index in [1.807, 2.05) is 49.6 Å². The largest absolute Gasteiger partial charge is 0.374 e. The maximum absolute atomic E-state index is 14.6. The third kappa shape index (κ3) is 8.30. The molecular weight excluding hydrogens is 865 g/mol. The fourth-order valence-electron chi connectivity index (χ4n) is 9.19. The first-order chi connectivity index (χ1) is 29.2. The van der Waals surface area contributed by atoms with Crippen molar-refractivity contribution in [1.29, 1.82) is 10.5 Å². The summed E-state index contributed by atoms with van der Waals surface area (Å²) in [6.45, 7) is 9.87. The zero-order chi connectivity index (χ0) is 44.9. The van der Waals surface area contributed by atoms with Gasteiger partial charge >= 0.3 is 0 Å². The van der Waals surface area contributed by atoms with E-state index < -0.39 is 69.8 Å². The average Bonchev–Trinajstić information content (AvgIpc) is 3.97. The summed E-state index contributed by atoms with van der Waals surface area (Å²) in [7, 11) is -18.3. The number of sulfone groups is 4.